The summed E-state index contributed by atoms with van der Waals surface area (Å²) in [5.41, 5.74) is 1.73. The number of Topliss-reactive ketones (excluding diaryl/α,β-unsaturated/α-hetero) is 1. The van der Waals surface area contributed by atoms with Crippen molar-refractivity contribution in [3.8, 4) is 0 Å². The van der Waals surface area contributed by atoms with Crippen molar-refractivity contribution in [3.63, 3.8) is 0 Å². The molecule has 0 aliphatic carbocycles. The lowest BCUT2D eigenvalue weighted by Crippen LogP contribution is -2.49. The normalized spacial score (nSPS) is 15.1. The topological polar surface area (TPSA) is 40.6 Å². The van der Waals surface area contributed by atoms with Crippen LogP contribution in [-0.2, 0) is 4.79 Å². The van der Waals surface area contributed by atoms with Crippen molar-refractivity contribution in [3.05, 3.63) is 29.1 Å². The summed E-state index contributed by atoms with van der Waals surface area (Å²) in [7, 11) is 0. The molecule has 0 atom stereocenters. The zero-order valence-electron chi connectivity index (χ0n) is 13.5. The van der Waals surface area contributed by atoms with Gasteiger partial charge >= 0.3 is 0 Å². The molecule has 0 spiro atoms. The monoisotopic (exact) mass is 306 g/mol. The van der Waals surface area contributed by atoms with Crippen LogP contribution in [0.25, 0.3) is 0 Å². The van der Waals surface area contributed by atoms with E-state index in [0.717, 1.165) is 12.0 Å². The van der Waals surface area contributed by atoms with Crippen LogP contribution in [0.5, 0.6) is 0 Å². The number of carbonyl (C=O) groups is 2. The minimum Gasteiger partial charge on any atom is -0.366 e. The van der Waals surface area contributed by atoms with Crippen LogP contribution in [0.15, 0.2) is 12.1 Å². The summed E-state index contributed by atoms with van der Waals surface area (Å²) >= 11 is 0. The fraction of sp³-hybridized carbons (Fsp3) is 0.529. The molecule has 1 aliphatic heterocycles. The fourth-order valence-corrected chi connectivity index (χ4v) is 2.86. The van der Waals surface area contributed by atoms with Crippen LogP contribution in [0, 0.1) is 12.7 Å². The lowest BCUT2D eigenvalue weighted by molar-refractivity contribution is -0.131. The van der Waals surface area contributed by atoms with Crippen molar-refractivity contribution < 1.29 is 14.0 Å². The van der Waals surface area contributed by atoms with E-state index in [0.29, 0.717) is 43.9 Å². The molecule has 1 aromatic rings. The first kappa shape index (κ1) is 16.5. The van der Waals surface area contributed by atoms with Crippen LogP contribution in [0.4, 0.5) is 10.1 Å². The Kier molecular flexibility index (Phi) is 5.16. The molecule has 0 unspecified atom stereocenters. The zero-order chi connectivity index (χ0) is 16.3. The van der Waals surface area contributed by atoms with Gasteiger partial charge in [-0.1, -0.05) is 6.92 Å². The first-order valence-electron chi connectivity index (χ1n) is 7.77. The molecule has 0 aromatic heterocycles. The second kappa shape index (κ2) is 6.90. The van der Waals surface area contributed by atoms with Gasteiger partial charge in [-0.05, 0) is 38.0 Å². The molecule has 2 rings (SSSR count). The second-order valence-electron chi connectivity index (χ2n) is 5.79. The average Bonchev–Trinajstić information content (AvgIpc) is 2.49. The quantitative estimate of drug-likeness (QED) is 0.803. The van der Waals surface area contributed by atoms with E-state index >= 15 is 0 Å². The number of piperazine rings is 1. The highest BCUT2D eigenvalue weighted by Gasteiger charge is 2.23. The number of hydrogen-bond donors (Lipinski definition) is 0. The number of ketones is 1. The van der Waals surface area contributed by atoms with Gasteiger partial charge in [0, 0.05) is 38.2 Å². The third-order valence-corrected chi connectivity index (χ3v) is 4.11. The van der Waals surface area contributed by atoms with Gasteiger partial charge in [0.2, 0.25) is 5.91 Å². The van der Waals surface area contributed by atoms with E-state index in [-0.39, 0.29) is 17.5 Å². The Morgan fingerprint density at radius 3 is 2.36 bits per heavy atom. The highest BCUT2D eigenvalue weighted by atomic mass is 19.1. The molecule has 1 aromatic carbocycles. The minimum atomic E-state index is -0.371. The average molecular weight is 306 g/mol. The number of anilines is 1. The molecule has 0 saturated carbocycles. The standard InChI is InChI=1S/C17H23FN2O2/c1-4-5-17(22)20-8-6-19(7-9-20)16-10-12(2)14(13(3)21)11-15(16)18/h10-11H,4-9H2,1-3H3. The fourth-order valence-electron chi connectivity index (χ4n) is 2.86. The molecule has 0 radical (unpaired) electrons. The van der Waals surface area contributed by atoms with E-state index in [9.17, 15) is 14.0 Å². The van der Waals surface area contributed by atoms with Crippen molar-refractivity contribution in [1.82, 2.24) is 4.90 Å². The first-order chi connectivity index (χ1) is 10.4. The number of amides is 1. The van der Waals surface area contributed by atoms with Crippen LogP contribution in [0.3, 0.4) is 0 Å². The molecular weight excluding hydrogens is 283 g/mol. The Hall–Kier alpha value is -1.91. The molecule has 1 fully saturated rings. The van der Waals surface area contributed by atoms with E-state index in [2.05, 4.69) is 0 Å². The van der Waals surface area contributed by atoms with E-state index in [4.69, 9.17) is 0 Å². The van der Waals surface area contributed by atoms with E-state index < -0.39 is 0 Å². The van der Waals surface area contributed by atoms with Crippen molar-refractivity contribution in [2.24, 2.45) is 0 Å². The summed E-state index contributed by atoms with van der Waals surface area (Å²) in [4.78, 5) is 27.1. The molecule has 1 saturated heterocycles. The molecule has 120 valence electrons. The van der Waals surface area contributed by atoms with E-state index in [1.165, 1.54) is 13.0 Å². The number of nitrogens with zero attached hydrogens (tertiary/aromatic N) is 2. The van der Waals surface area contributed by atoms with Crippen molar-refractivity contribution in [2.75, 3.05) is 31.1 Å². The van der Waals surface area contributed by atoms with Gasteiger partial charge in [0.05, 0.1) is 5.69 Å². The Labute approximate surface area is 130 Å². The highest BCUT2D eigenvalue weighted by Crippen LogP contribution is 2.25. The number of hydrogen-bond acceptors (Lipinski definition) is 3. The van der Waals surface area contributed by atoms with Crippen LogP contribution in [0.1, 0.15) is 42.6 Å². The predicted octanol–water partition coefficient (Wildman–Crippen LogP) is 2.79. The number of rotatable bonds is 4. The number of halogens is 1. The predicted molar refractivity (Wildman–Crippen MR) is 84.8 cm³/mol. The number of carbonyl (C=O) groups excluding carboxylic acids is 2. The van der Waals surface area contributed by atoms with Crippen molar-refractivity contribution in [1.29, 1.82) is 0 Å². The Morgan fingerprint density at radius 1 is 1.18 bits per heavy atom. The Morgan fingerprint density at radius 2 is 1.82 bits per heavy atom. The number of benzene rings is 1. The maximum atomic E-state index is 14.3. The molecule has 5 heteroatoms. The van der Waals surface area contributed by atoms with Crippen LogP contribution < -0.4 is 4.90 Å². The first-order valence-corrected chi connectivity index (χ1v) is 7.77. The summed E-state index contributed by atoms with van der Waals surface area (Å²) in [6.07, 6.45) is 1.42. The van der Waals surface area contributed by atoms with Gasteiger partial charge in [-0.2, -0.15) is 0 Å². The number of aryl methyl sites for hydroxylation is 1. The third kappa shape index (κ3) is 3.46. The lowest BCUT2D eigenvalue weighted by Gasteiger charge is -2.36. The summed E-state index contributed by atoms with van der Waals surface area (Å²) in [5.74, 6) is -0.326. The summed E-state index contributed by atoms with van der Waals surface area (Å²) in [6, 6.07) is 3.05. The van der Waals surface area contributed by atoms with Crippen LogP contribution in [0.2, 0.25) is 0 Å². The molecule has 4 nitrogen and oxygen atoms in total. The Balaban J connectivity index is 2.10. The minimum absolute atomic E-state index is 0.127. The maximum absolute atomic E-state index is 14.3. The SMILES string of the molecule is CCCC(=O)N1CCN(c2cc(C)c(C(C)=O)cc2F)CC1. The molecular formula is C17H23FN2O2. The summed E-state index contributed by atoms with van der Waals surface area (Å²) in [5, 5.41) is 0. The van der Waals surface area contributed by atoms with Gasteiger partial charge in [0.1, 0.15) is 5.82 Å². The van der Waals surface area contributed by atoms with Crippen molar-refractivity contribution in [2.45, 2.75) is 33.6 Å². The van der Waals surface area contributed by atoms with Gasteiger partial charge in [0.25, 0.3) is 0 Å². The Bertz CT molecular complexity index is 578. The van der Waals surface area contributed by atoms with Gasteiger partial charge in [0.15, 0.2) is 5.78 Å². The van der Waals surface area contributed by atoms with Crippen LogP contribution >= 0.6 is 0 Å². The van der Waals surface area contributed by atoms with E-state index in [1.54, 1.807) is 6.07 Å². The summed E-state index contributed by atoms with van der Waals surface area (Å²) in [6.45, 7) is 7.72. The van der Waals surface area contributed by atoms with Gasteiger partial charge < -0.3 is 9.80 Å². The second-order valence-corrected chi connectivity index (χ2v) is 5.79. The lowest BCUT2D eigenvalue weighted by atomic mass is 10.0. The van der Waals surface area contributed by atoms with Crippen LogP contribution in [-0.4, -0.2) is 42.8 Å². The molecule has 1 amide bonds. The smallest absolute Gasteiger partial charge is 0.222 e. The molecule has 0 bridgehead atoms. The maximum Gasteiger partial charge on any atom is 0.222 e. The molecule has 1 aliphatic rings. The van der Waals surface area contributed by atoms with E-state index in [1.807, 2.05) is 23.6 Å². The van der Waals surface area contributed by atoms with Gasteiger partial charge in [-0.3, -0.25) is 9.59 Å². The zero-order valence-corrected chi connectivity index (χ0v) is 13.5. The third-order valence-electron chi connectivity index (χ3n) is 4.11. The largest absolute Gasteiger partial charge is 0.366 e. The van der Waals surface area contributed by atoms with Gasteiger partial charge in [-0.15, -0.1) is 0 Å². The molecule has 0 N–H and O–H groups in total. The summed E-state index contributed by atoms with van der Waals surface area (Å²) < 4.78 is 14.3. The van der Waals surface area contributed by atoms with Gasteiger partial charge in [-0.25, -0.2) is 4.39 Å². The molecule has 1 heterocycles. The van der Waals surface area contributed by atoms with Crippen molar-refractivity contribution >= 4 is 17.4 Å². The highest BCUT2D eigenvalue weighted by molar-refractivity contribution is 5.96. The molecule has 22 heavy (non-hydrogen) atoms.